The Labute approximate surface area is 120 Å². The molecule has 3 N–H and O–H groups in total. The first kappa shape index (κ1) is 17.0. The van der Waals surface area contributed by atoms with Gasteiger partial charge in [-0.05, 0) is 18.9 Å². The Morgan fingerprint density at radius 3 is 2.81 bits per heavy atom. The van der Waals surface area contributed by atoms with Crippen LogP contribution in [-0.4, -0.2) is 30.2 Å². The molecular weight excluding hydrogens is 283 g/mol. The number of amides is 1. The van der Waals surface area contributed by atoms with Gasteiger partial charge in [-0.3, -0.25) is 9.78 Å². The van der Waals surface area contributed by atoms with Crippen LogP contribution < -0.4 is 11.1 Å². The third kappa shape index (κ3) is 6.77. The molecule has 1 rings (SSSR count). The molecule has 0 fully saturated rings. The summed E-state index contributed by atoms with van der Waals surface area (Å²) in [6, 6.07) is 1.51. The lowest BCUT2D eigenvalue weighted by atomic mass is 10.1. The molecule has 1 amide bonds. The van der Waals surface area contributed by atoms with Crippen LogP contribution in [-0.2, 0) is 0 Å². The maximum atomic E-state index is 12.0. The first-order chi connectivity index (χ1) is 9.94. The van der Waals surface area contributed by atoms with Gasteiger partial charge in [-0.15, -0.1) is 0 Å². The number of carbonyl (C=O) groups excluding carboxylic acids is 1. The number of hydrogen-bond acceptors (Lipinski definition) is 3. The number of carbonyl (C=O) groups is 1. The van der Waals surface area contributed by atoms with Crippen molar-refractivity contribution in [1.82, 2.24) is 10.3 Å². The zero-order valence-corrected chi connectivity index (χ0v) is 11.3. The van der Waals surface area contributed by atoms with Gasteiger partial charge in [-0.25, -0.2) is 0 Å². The van der Waals surface area contributed by atoms with Crippen LogP contribution in [0.15, 0.2) is 18.5 Å². The zero-order valence-electron chi connectivity index (χ0n) is 11.3. The molecule has 0 aromatic carbocycles. The Kier molecular flexibility index (Phi) is 6.69. The van der Waals surface area contributed by atoms with Crippen molar-refractivity contribution in [2.24, 2.45) is 5.73 Å². The van der Waals surface area contributed by atoms with E-state index in [0.717, 1.165) is 0 Å². The fourth-order valence-corrected chi connectivity index (χ4v) is 1.59. The summed E-state index contributed by atoms with van der Waals surface area (Å²) in [7, 11) is 0. The van der Waals surface area contributed by atoms with Gasteiger partial charge in [-0.1, -0.05) is 11.8 Å². The maximum Gasteiger partial charge on any atom is 0.389 e. The van der Waals surface area contributed by atoms with Crippen molar-refractivity contribution >= 4 is 5.91 Å². The molecule has 0 radical (unpaired) electrons. The van der Waals surface area contributed by atoms with Crippen molar-refractivity contribution in [2.75, 3.05) is 13.1 Å². The predicted molar refractivity (Wildman–Crippen MR) is 72.4 cm³/mol. The van der Waals surface area contributed by atoms with Gasteiger partial charge in [0.2, 0.25) is 0 Å². The van der Waals surface area contributed by atoms with Gasteiger partial charge in [0.25, 0.3) is 5.91 Å². The molecule has 0 unspecified atom stereocenters. The fraction of sp³-hybridized carbons (Fsp3) is 0.429. The van der Waals surface area contributed by atoms with Gasteiger partial charge in [0.05, 0.1) is 17.7 Å². The van der Waals surface area contributed by atoms with E-state index in [2.05, 4.69) is 22.1 Å². The largest absolute Gasteiger partial charge is 0.389 e. The van der Waals surface area contributed by atoms with E-state index in [1.165, 1.54) is 18.5 Å². The Balaban J connectivity index is 2.49. The van der Waals surface area contributed by atoms with E-state index >= 15 is 0 Å². The molecule has 0 aliphatic rings. The molecule has 7 heteroatoms. The van der Waals surface area contributed by atoms with Crippen LogP contribution in [0.3, 0.4) is 0 Å². The standard InChI is InChI=1S/C14H16F3N3O/c15-14(16,17)6-1-2-8-20-13(21)12-5-9-19-10-11(12)4-3-7-18/h5,9-10H,1-2,6-8,18H2,(H,20,21). The second kappa shape index (κ2) is 8.27. The van der Waals surface area contributed by atoms with Crippen LogP contribution in [0.4, 0.5) is 13.2 Å². The molecule has 1 aromatic heterocycles. The summed E-state index contributed by atoms with van der Waals surface area (Å²) < 4.78 is 35.9. The lowest BCUT2D eigenvalue weighted by molar-refractivity contribution is -0.135. The highest BCUT2D eigenvalue weighted by Crippen LogP contribution is 2.21. The monoisotopic (exact) mass is 299 g/mol. The van der Waals surface area contributed by atoms with E-state index in [4.69, 9.17) is 5.73 Å². The quantitative estimate of drug-likeness (QED) is 0.644. The van der Waals surface area contributed by atoms with Gasteiger partial charge in [0, 0.05) is 25.4 Å². The summed E-state index contributed by atoms with van der Waals surface area (Å²) in [4.78, 5) is 15.8. The minimum Gasteiger partial charge on any atom is -0.352 e. The summed E-state index contributed by atoms with van der Waals surface area (Å²) in [6.45, 7) is 0.342. The number of halogens is 3. The molecule has 0 spiro atoms. The minimum absolute atomic E-state index is 0.0139. The van der Waals surface area contributed by atoms with Crippen LogP contribution in [0.2, 0.25) is 0 Å². The van der Waals surface area contributed by atoms with E-state index in [1.807, 2.05) is 0 Å². The maximum absolute atomic E-state index is 12.0. The third-order valence-electron chi connectivity index (χ3n) is 2.56. The Bertz CT molecular complexity index is 532. The van der Waals surface area contributed by atoms with Crippen molar-refractivity contribution in [2.45, 2.75) is 25.4 Å². The number of alkyl halides is 3. The Morgan fingerprint density at radius 2 is 2.14 bits per heavy atom. The third-order valence-corrected chi connectivity index (χ3v) is 2.56. The molecule has 114 valence electrons. The molecule has 4 nitrogen and oxygen atoms in total. The lowest BCUT2D eigenvalue weighted by Crippen LogP contribution is -2.25. The first-order valence-corrected chi connectivity index (χ1v) is 6.42. The number of nitrogens with zero attached hydrogens (tertiary/aromatic N) is 1. The van der Waals surface area contributed by atoms with E-state index < -0.39 is 12.6 Å². The van der Waals surface area contributed by atoms with Gasteiger partial charge >= 0.3 is 6.18 Å². The zero-order chi connectivity index (χ0) is 15.7. The van der Waals surface area contributed by atoms with Crippen LogP contribution in [0.25, 0.3) is 0 Å². The molecule has 0 saturated carbocycles. The van der Waals surface area contributed by atoms with Crippen LogP contribution in [0.1, 0.15) is 35.2 Å². The summed E-state index contributed by atoms with van der Waals surface area (Å²) in [6.07, 6.45) is -1.85. The van der Waals surface area contributed by atoms with Crippen molar-refractivity contribution < 1.29 is 18.0 Å². The average Bonchev–Trinajstić information content (AvgIpc) is 2.43. The highest BCUT2D eigenvalue weighted by atomic mass is 19.4. The van der Waals surface area contributed by atoms with Crippen LogP contribution in [0, 0.1) is 11.8 Å². The van der Waals surface area contributed by atoms with Crippen molar-refractivity contribution in [3.05, 3.63) is 29.6 Å². The summed E-state index contributed by atoms with van der Waals surface area (Å²) in [5, 5.41) is 2.57. The molecule has 0 bridgehead atoms. The molecule has 1 aromatic rings. The number of nitrogens with two attached hydrogens (primary N) is 1. The van der Waals surface area contributed by atoms with Gasteiger partial charge < -0.3 is 11.1 Å². The predicted octanol–water partition coefficient (Wildman–Crippen LogP) is 1.85. The van der Waals surface area contributed by atoms with Gasteiger partial charge in [0.1, 0.15) is 0 Å². The van der Waals surface area contributed by atoms with E-state index in [9.17, 15) is 18.0 Å². The second-order valence-electron chi connectivity index (χ2n) is 4.26. The summed E-state index contributed by atoms with van der Waals surface area (Å²) in [5.74, 6) is 4.97. The van der Waals surface area contributed by atoms with E-state index in [1.54, 1.807) is 0 Å². The number of unbranched alkanes of at least 4 members (excludes halogenated alkanes) is 1. The number of hydrogen-bond donors (Lipinski definition) is 2. The molecule has 0 saturated heterocycles. The van der Waals surface area contributed by atoms with Crippen molar-refractivity contribution in [3.63, 3.8) is 0 Å². The summed E-state index contributed by atoms with van der Waals surface area (Å²) in [5.41, 5.74) is 6.04. The lowest BCUT2D eigenvalue weighted by Gasteiger charge is -2.08. The van der Waals surface area contributed by atoms with E-state index in [-0.39, 0.29) is 31.8 Å². The van der Waals surface area contributed by atoms with Crippen molar-refractivity contribution in [3.8, 4) is 11.8 Å². The Morgan fingerprint density at radius 1 is 1.38 bits per heavy atom. The number of pyridine rings is 1. The van der Waals surface area contributed by atoms with Crippen molar-refractivity contribution in [1.29, 1.82) is 0 Å². The molecule has 0 aliphatic heterocycles. The summed E-state index contributed by atoms with van der Waals surface area (Å²) >= 11 is 0. The highest BCUT2D eigenvalue weighted by Gasteiger charge is 2.25. The number of rotatable bonds is 5. The highest BCUT2D eigenvalue weighted by molar-refractivity contribution is 5.96. The molecule has 21 heavy (non-hydrogen) atoms. The smallest absolute Gasteiger partial charge is 0.352 e. The van der Waals surface area contributed by atoms with Gasteiger partial charge in [0.15, 0.2) is 0 Å². The fourth-order valence-electron chi connectivity index (χ4n) is 1.59. The van der Waals surface area contributed by atoms with Crippen LogP contribution >= 0.6 is 0 Å². The van der Waals surface area contributed by atoms with E-state index in [0.29, 0.717) is 11.1 Å². The van der Waals surface area contributed by atoms with Gasteiger partial charge in [-0.2, -0.15) is 13.2 Å². The second-order valence-corrected chi connectivity index (χ2v) is 4.26. The molecule has 1 heterocycles. The normalized spacial score (nSPS) is 10.7. The molecule has 0 aliphatic carbocycles. The first-order valence-electron chi connectivity index (χ1n) is 6.42. The SMILES string of the molecule is NCC#Cc1cnccc1C(=O)NCCCCC(F)(F)F. The Hall–Kier alpha value is -2.07. The topological polar surface area (TPSA) is 68.0 Å². The minimum atomic E-state index is -4.15. The number of nitrogens with one attached hydrogen (secondary N) is 1. The average molecular weight is 299 g/mol. The molecular formula is C14H16F3N3O. The van der Waals surface area contributed by atoms with Crippen LogP contribution in [0.5, 0.6) is 0 Å². The number of aromatic nitrogens is 1. The molecule has 0 atom stereocenters.